The van der Waals surface area contributed by atoms with Gasteiger partial charge in [-0.15, -0.1) is 0 Å². The molecule has 0 aliphatic carbocycles. The van der Waals surface area contributed by atoms with Gasteiger partial charge in [-0.05, 0) is 36.4 Å². The molecule has 1 N–H and O–H groups in total. The van der Waals surface area contributed by atoms with E-state index in [1.165, 1.54) is 42.4 Å². The van der Waals surface area contributed by atoms with Crippen LogP contribution in [0, 0.1) is 11.6 Å². The molecule has 2 heterocycles. The molecule has 0 unspecified atom stereocenters. The first-order valence-electron chi connectivity index (χ1n) is 8.23. The lowest BCUT2D eigenvalue weighted by Gasteiger charge is -2.06. The van der Waals surface area contributed by atoms with Crippen LogP contribution < -0.4 is 5.32 Å². The highest BCUT2D eigenvalue weighted by Gasteiger charge is 2.14. The number of rotatable bonds is 5. The summed E-state index contributed by atoms with van der Waals surface area (Å²) in [6.45, 7) is 0. The summed E-state index contributed by atoms with van der Waals surface area (Å²) in [4.78, 5) is 20.6. The lowest BCUT2D eigenvalue weighted by atomic mass is 10.3. The SMILES string of the molecule is O=C(CSc1ncnc2c1cnn2-c1ccc(F)cc1)Nc1ccccc1F. The Kier molecular flexibility index (Phi) is 4.98. The fourth-order valence-corrected chi connectivity index (χ4v) is 3.35. The quantitative estimate of drug-likeness (QED) is 0.409. The molecule has 0 aliphatic rings. The molecule has 6 nitrogen and oxygen atoms in total. The second-order valence-corrected chi connectivity index (χ2v) is 6.73. The van der Waals surface area contributed by atoms with E-state index >= 15 is 0 Å². The van der Waals surface area contributed by atoms with Crippen LogP contribution in [0.4, 0.5) is 14.5 Å². The molecular weight excluding hydrogens is 384 g/mol. The molecule has 140 valence electrons. The smallest absolute Gasteiger partial charge is 0.234 e. The number of para-hydroxylation sites is 1. The first-order chi connectivity index (χ1) is 13.6. The summed E-state index contributed by atoms with van der Waals surface area (Å²) in [6.07, 6.45) is 2.97. The highest BCUT2D eigenvalue weighted by atomic mass is 32.2. The largest absolute Gasteiger partial charge is 0.323 e. The van der Waals surface area contributed by atoms with E-state index < -0.39 is 5.82 Å². The second-order valence-electron chi connectivity index (χ2n) is 5.77. The Bertz CT molecular complexity index is 1150. The maximum atomic E-state index is 13.6. The third kappa shape index (κ3) is 3.70. The number of benzene rings is 2. The molecule has 0 radical (unpaired) electrons. The number of carbonyl (C=O) groups is 1. The molecule has 0 saturated carbocycles. The summed E-state index contributed by atoms with van der Waals surface area (Å²) in [6, 6.07) is 11.8. The zero-order valence-electron chi connectivity index (χ0n) is 14.3. The molecule has 0 atom stereocenters. The van der Waals surface area contributed by atoms with Crippen molar-refractivity contribution in [3.05, 3.63) is 72.7 Å². The first kappa shape index (κ1) is 18.1. The molecule has 28 heavy (non-hydrogen) atoms. The number of thioether (sulfide) groups is 1. The van der Waals surface area contributed by atoms with Crippen LogP contribution in [0.1, 0.15) is 0 Å². The summed E-state index contributed by atoms with van der Waals surface area (Å²) in [5, 5.41) is 8.05. The van der Waals surface area contributed by atoms with Gasteiger partial charge in [-0.2, -0.15) is 5.10 Å². The number of halogens is 2. The molecule has 2 aromatic carbocycles. The van der Waals surface area contributed by atoms with E-state index in [9.17, 15) is 13.6 Å². The summed E-state index contributed by atoms with van der Waals surface area (Å²) in [7, 11) is 0. The normalized spacial score (nSPS) is 10.9. The molecule has 0 spiro atoms. The number of amides is 1. The Labute approximate surface area is 162 Å². The molecule has 0 saturated heterocycles. The van der Waals surface area contributed by atoms with Crippen LogP contribution in [0.2, 0.25) is 0 Å². The van der Waals surface area contributed by atoms with Crippen molar-refractivity contribution >= 4 is 34.4 Å². The first-order valence-corrected chi connectivity index (χ1v) is 9.22. The zero-order valence-corrected chi connectivity index (χ0v) is 15.2. The molecule has 1 amide bonds. The highest BCUT2D eigenvalue weighted by Crippen LogP contribution is 2.26. The van der Waals surface area contributed by atoms with Crippen LogP contribution in [-0.2, 0) is 4.79 Å². The Morgan fingerprint density at radius 2 is 1.86 bits per heavy atom. The molecule has 4 rings (SSSR count). The summed E-state index contributed by atoms with van der Waals surface area (Å²) >= 11 is 1.20. The third-order valence-electron chi connectivity index (χ3n) is 3.89. The Morgan fingerprint density at radius 1 is 1.07 bits per heavy atom. The number of carbonyl (C=O) groups excluding carboxylic acids is 1. The number of nitrogens with zero attached hydrogens (tertiary/aromatic N) is 4. The Morgan fingerprint density at radius 3 is 2.64 bits per heavy atom. The minimum Gasteiger partial charge on any atom is -0.323 e. The van der Waals surface area contributed by atoms with E-state index in [1.54, 1.807) is 35.1 Å². The number of anilines is 1. The molecule has 0 aliphatic heterocycles. The van der Waals surface area contributed by atoms with Gasteiger partial charge in [0.25, 0.3) is 0 Å². The topological polar surface area (TPSA) is 72.7 Å². The summed E-state index contributed by atoms with van der Waals surface area (Å²) in [5.41, 5.74) is 1.33. The van der Waals surface area contributed by atoms with Gasteiger partial charge in [0.1, 0.15) is 23.0 Å². The van der Waals surface area contributed by atoms with Crippen molar-refractivity contribution < 1.29 is 13.6 Å². The van der Waals surface area contributed by atoms with Gasteiger partial charge in [0.2, 0.25) is 5.91 Å². The van der Waals surface area contributed by atoms with Crippen molar-refractivity contribution in [2.75, 3.05) is 11.1 Å². The van der Waals surface area contributed by atoms with E-state index in [0.29, 0.717) is 21.7 Å². The van der Waals surface area contributed by atoms with Crippen molar-refractivity contribution in [3.63, 3.8) is 0 Å². The number of hydrogen-bond acceptors (Lipinski definition) is 5. The predicted octanol–water partition coefficient (Wildman–Crippen LogP) is 3.82. The van der Waals surface area contributed by atoms with Crippen LogP contribution in [0.25, 0.3) is 16.7 Å². The van der Waals surface area contributed by atoms with E-state index in [2.05, 4.69) is 20.4 Å². The zero-order chi connectivity index (χ0) is 19.5. The van der Waals surface area contributed by atoms with Gasteiger partial charge in [0, 0.05) is 0 Å². The minimum absolute atomic E-state index is 0.0438. The van der Waals surface area contributed by atoms with Gasteiger partial charge in [-0.25, -0.2) is 23.4 Å². The lowest BCUT2D eigenvalue weighted by molar-refractivity contribution is -0.113. The lowest BCUT2D eigenvalue weighted by Crippen LogP contribution is -2.15. The van der Waals surface area contributed by atoms with Gasteiger partial charge in [0.05, 0.1) is 28.7 Å². The second kappa shape index (κ2) is 7.73. The predicted molar refractivity (Wildman–Crippen MR) is 102 cm³/mol. The molecule has 4 aromatic rings. The van der Waals surface area contributed by atoms with Crippen LogP contribution in [0.3, 0.4) is 0 Å². The number of nitrogens with one attached hydrogen (secondary N) is 1. The van der Waals surface area contributed by atoms with Crippen molar-refractivity contribution in [1.82, 2.24) is 19.7 Å². The van der Waals surface area contributed by atoms with Gasteiger partial charge in [0.15, 0.2) is 5.65 Å². The van der Waals surface area contributed by atoms with E-state index in [0.717, 1.165) is 0 Å². The fraction of sp³-hybridized carbons (Fsp3) is 0.0526. The van der Waals surface area contributed by atoms with Gasteiger partial charge in [-0.1, -0.05) is 23.9 Å². The monoisotopic (exact) mass is 397 g/mol. The number of hydrogen-bond donors (Lipinski definition) is 1. The van der Waals surface area contributed by atoms with Crippen molar-refractivity contribution in [1.29, 1.82) is 0 Å². The summed E-state index contributed by atoms with van der Waals surface area (Å²) in [5.74, 6) is -1.15. The van der Waals surface area contributed by atoms with Crippen LogP contribution in [0.15, 0.2) is 66.1 Å². The molecular formula is C19H13F2N5OS. The number of fused-ring (bicyclic) bond motifs is 1. The van der Waals surface area contributed by atoms with Crippen molar-refractivity contribution in [2.45, 2.75) is 5.03 Å². The van der Waals surface area contributed by atoms with Gasteiger partial charge < -0.3 is 5.32 Å². The van der Waals surface area contributed by atoms with E-state index in [-0.39, 0.29) is 23.2 Å². The Hall–Kier alpha value is -3.33. The molecule has 2 aromatic heterocycles. The van der Waals surface area contributed by atoms with E-state index in [1.807, 2.05) is 0 Å². The minimum atomic E-state index is -0.495. The molecule has 0 bridgehead atoms. The van der Waals surface area contributed by atoms with Crippen molar-refractivity contribution in [2.24, 2.45) is 0 Å². The average molecular weight is 397 g/mol. The van der Waals surface area contributed by atoms with Crippen molar-refractivity contribution in [3.8, 4) is 5.69 Å². The Balaban J connectivity index is 1.52. The maximum absolute atomic E-state index is 13.6. The molecule has 9 heteroatoms. The molecule has 0 fully saturated rings. The number of aromatic nitrogens is 4. The van der Waals surface area contributed by atoms with Gasteiger partial charge in [-0.3, -0.25) is 4.79 Å². The highest BCUT2D eigenvalue weighted by molar-refractivity contribution is 8.00. The van der Waals surface area contributed by atoms with E-state index in [4.69, 9.17) is 0 Å². The fourth-order valence-electron chi connectivity index (χ4n) is 2.59. The standard InChI is InChI=1S/C19H13F2N5OS/c20-12-5-7-13(8-6-12)26-18-14(9-24-26)19(23-11-22-18)28-10-17(27)25-16-4-2-1-3-15(16)21/h1-9,11H,10H2,(H,25,27). The van der Waals surface area contributed by atoms with Gasteiger partial charge >= 0.3 is 0 Å². The van der Waals surface area contributed by atoms with Crippen LogP contribution in [0.5, 0.6) is 0 Å². The van der Waals surface area contributed by atoms with Crippen LogP contribution in [-0.4, -0.2) is 31.4 Å². The summed E-state index contributed by atoms with van der Waals surface area (Å²) < 4.78 is 28.3. The van der Waals surface area contributed by atoms with Crippen LogP contribution >= 0.6 is 11.8 Å². The average Bonchev–Trinajstić information content (AvgIpc) is 3.13. The third-order valence-corrected chi connectivity index (χ3v) is 4.89. The maximum Gasteiger partial charge on any atom is 0.234 e.